The minimum atomic E-state index is -0.670. The van der Waals surface area contributed by atoms with Crippen LogP contribution in [0.15, 0.2) is 45.3 Å². The number of halogens is 2. The number of hydrogen-bond acceptors (Lipinski definition) is 3. The zero-order valence-corrected chi connectivity index (χ0v) is 14.9. The van der Waals surface area contributed by atoms with Crippen molar-refractivity contribution in [2.24, 2.45) is 0 Å². The van der Waals surface area contributed by atoms with Crippen molar-refractivity contribution in [2.45, 2.75) is 12.5 Å². The average Bonchev–Trinajstić information content (AvgIpc) is 2.46. The van der Waals surface area contributed by atoms with E-state index in [-0.39, 0.29) is 0 Å². The molecule has 1 unspecified atom stereocenters. The Morgan fingerprint density at radius 1 is 1.05 bits per heavy atom. The van der Waals surface area contributed by atoms with Gasteiger partial charge >= 0.3 is 0 Å². The van der Waals surface area contributed by atoms with Crippen LogP contribution in [0.25, 0.3) is 0 Å². The molecular weight excluding hydrogens is 400 g/mol. The molecule has 2 aromatic carbocycles. The van der Waals surface area contributed by atoms with Gasteiger partial charge in [-0.3, -0.25) is 0 Å². The van der Waals surface area contributed by atoms with Gasteiger partial charge in [0.1, 0.15) is 11.5 Å². The van der Waals surface area contributed by atoms with Gasteiger partial charge in [-0.2, -0.15) is 0 Å². The highest BCUT2D eigenvalue weighted by Gasteiger charge is 2.17. The molecule has 0 saturated heterocycles. The molecule has 0 aliphatic heterocycles. The van der Waals surface area contributed by atoms with E-state index in [1.54, 1.807) is 26.4 Å². The van der Waals surface area contributed by atoms with Gasteiger partial charge in [0.15, 0.2) is 0 Å². The molecule has 0 fully saturated rings. The number of hydrogen-bond donors (Lipinski definition) is 1. The van der Waals surface area contributed by atoms with Crippen LogP contribution in [-0.2, 0) is 6.42 Å². The van der Waals surface area contributed by atoms with Crippen molar-refractivity contribution in [3.63, 3.8) is 0 Å². The first kappa shape index (κ1) is 16.3. The smallest absolute Gasteiger partial charge is 0.133 e. The summed E-state index contributed by atoms with van der Waals surface area (Å²) in [5.41, 5.74) is 1.75. The van der Waals surface area contributed by atoms with E-state index in [4.69, 9.17) is 9.47 Å². The third kappa shape index (κ3) is 3.99. The fourth-order valence-corrected chi connectivity index (χ4v) is 3.07. The Labute approximate surface area is 141 Å². The van der Waals surface area contributed by atoms with Crippen molar-refractivity contribution < 1.29 is 14.6 Å². The minimum Gasteiger partial charge on any atom is -0.496 e. The highest BCUT2D eigenvalue weighted by molar-refractivity contribution is 9.10. The maximum Gasteiger partial charge on any atom is 0.133 e. The van der Waals surface area contributed by atoms with Crippen molar-refractivity contribution in [3.8, 4) is 11.5 Å². The zero-order valence-electron chi connectivity index (χ0n) is 11.8. The van der Waals surface area contributed by atoms with Gasteiger partial charge in [0, 0.05) is 16.5 Å². The molecule has 0 radical (unpaired) electrons. The maximum absolute atomic E-state index is 10.5. The molecule has 3 nitrogen and oxygen atoms in total. The van der Waals surface area contributed by atoms with Crippen LogP contribution in [0.3, 0.4) is 0 Å². The van der Waals surface area contributed by atoms with Crippen LogP contribution in [0.2, 0.25) is 0 Å². The number of aliphatic hydroxyl groups is 1. The molecule has 0 bridgehead atoms. The molecule has 21 heavy (non-hydrogen) atoms. The van der Waals surface area contributed by atoms with Crippen LogP contribution in [-0.4, -0.2) is 19.3 Å². The molecule has 0 aliphatic carbocycles. The van der Waals surface area contributed by atoms with Crippen molar-refractivity contribution in [1.82, 2.24) is 0 Å². The quantitative estimate of drug-likeness (QED) is 0.780. The standard InChI is InChI=1S/C16H16Br2O3/c1-20-15-9-13(18)16(21-2)8-12(15)14(19)7-10-4-3-5-11(17)6-10/h3-6,8-9,14,19H,7H2,1-2H3. The van der Waals surface area contributed by atoms with Gasteiger partial charge in [0.05, 0.1) is 24.8 Å². The lowest BCUT2D eigenvalue weighted by Crippen LogP contribution is -2.05. The van der Waals surface area contributed by atoms with E-state index in [1.807, 2.05) is 24.3 Å². The van der Waals surface area contributed by atoms with Gasteiger partial charge in [-0.1, -0.05) is 28.1 Å². The van der Waals surface area contributed by atoms with Gasteiger partial charge in [-0.25, -0.2) is 0 Å². The molecular formula is C16H16Br2O3. The fraction of sp³-hybridized carbons (Fsp3) is 0.250. The summed E-state index contributed by atoms with van der Waals surface area (Å²) in [4.78, 5) is 0. The Morgan fingerprint density at radius 2 is 1.76 bits per heavy atom. The Bertz CT molecular complexity index is 629. The van der Waals surface area contributed by atoms with E-state index in [9.17, 15) is 5.11 Å². The Hall–Kier alpha value is -1.04. The number of ether oxygens (including phenoxy) is 2. The predicted molar refractivity (Wildman–Crippen MR) is 90.1 cm³/mol. The molecule has 0 amide bonds. The van der Waals surface area contributed by atoms with E-state index in [1.165, 1.54) is 0 Å². The lowest BCUT2D eigenvalue weighted by atomic mass is 10.0. The van der Waals surface area contributed by atoms with Gasteiger partial charge in [0.2, 0.25) is 0 Å². The molecule has 0 saturated carbocycles. The summed E-state index contributed by atoms with van der Waals surface area (Å²) < 4.78 is 12.4. The summed E-state index contributed by atoms with van der Waals surface area (Å²) >= 11 is 6.85. The minimum absolute atomic E-state index is 0.501. The van der Waals surface area contributed by atoms with Gasteiger partial charge in [-0.15, -0.1) is 0 Å². The van der Waals surface area contributed by atoms with Crippen molar-refractivity contribution in [2.75, 3.05) is 14.2 Å². The van der Waals surface area contributed by atoms with Crippen molar-refractivity contribution >= 4 is 31.9 Å². The summed E-state index contributed by atoms with van der Waals surface area (Å²) in [5, 5.41) is 10.5. The molecule has 0 spiro atoms. The first-order chi connectivity index (χ1) is 10.0. The molecule has 0 heterocycles. The Balaban J connectivity index is 2.31. The van der Waals surface area contributed by atoms with Crippen LogP contribution >= 0.6 is 31.9 Å². The molecule has 1 atom stereocenters. The third-order valence-corrected chi connectivity index (χ3v) is 4.29. The second-order valence-electron chi connectivity index (χ2n) is 4.58. The molecule has 112 valence electrons. The van der Waals surface area contributed by atoms with Gasteiger partial charge < -0.3 is 14.6 Å². The molecule has 5 heteroatoms. The summed E-state index contributed by atoms with van der Waals surface area (Å²) in [7, 11) is 3.18. The monoisotopic (exact) mass is 414 g/mol. The summed E-state index contributed by atoms with van der Waals surface area (Å²) in [6.07, 6.45) is -0.170. The fourth-order valence-electron chi connectivity index (χ4n) is 2.14. The molecule has 2 rings (SSSR count). The normalized spacial score (nSPS) is 12.0. The largest absolute Gasteiger partial charge is 0.496 e. The van der Waals surface area contributed by atoms with Crippen LogP contribution in [0, 0.1) is 0 Å². The zero-order chi connectivity index (χ0) is 15.4. The summed E-state index contributed by atoms with van der Waals surface area (Å²) in [6.45, 7) is 0. The van der Waals surface area contributed by atoms with Crippen LogP contribution in [0.1, 0.15) is 17.2 Å². The van der Waals surface area contributed by atoms with E-state index in [0.29, 0.717) is 23.5 Å². The number of benzene rings is 2. The number of methoxy groups -OCH3 is 2. The molecule has 2 aromatic rings. The highest BCUT2D eigenvalue weighted by Crippen LogP contribution is 2.36. The van der Waals surface area contributed by atoms with Crippen molar-refractivity contribution in [3.05, 3.63) is 56.5 Å². The summed E-state index contributed by atoms with van der Waals surface area (Å²) in [5.74, 6) is 1.30. The second-order valence-corrected chi connectivity index (χ2v) is 6.35. The number of rotatable bonds is 5. The average molecular weight is 416 g/mol. The van der Waals surface area contributed by atoms with Crippen LogP contribution in [0.4, 0.5) is 0 Å². The molecule has 0 aliphatic rings. The highest BCUT2D eigenvalue weighted by atomic mass is 79.9. The first-order valence-corrected chi connectivity index (χ1v) is 7.97. The molecule has 1 N–H and O–H groups in total. The lowest BCUT2D eigenvalue weighted by Gasteiger charge is -2.17. The Kier molecular flexibility index (Phi) is 5.67. The van der Waals surface area contributed by atoms with Crippen LogP contribution < -0.4 is 9.47 Å². The predicted octanol–water partition coefficient (Wildman–Crippen LogP) is 4.50. The number of aliphatic hydroxyl groups excluding tert-OH is 1. The first-order valence-electron chi connectivity index (χ1n) is 6.39. The van der Waals surface area contributed by atoms with E-state index in [0.717, 1.165) is 14.5 Å². The van der Waals surface area contributed by atoms with Crippen LogP contribution in [0.5, 0.6) is 11.5 Å². The molecule has 0 aromatic heterocycles. The van der Waals surface area contributed by atoms with Gasteiger partial charge in [0.25, 0.3) is 0 Å². The van der Waals surface area contributed by atoms with E-state index < -0.39 is 6.10 Å². The second kappa shape index (κ2) is 7.29. The van der Waals surface area contributed by atoms with Gasteiger partial charge in [-0.05, 0) is 45.8 Å². The van der Waals surface area contributed by atoms with E-state index >= 15 is 0 Å². The summed E-state index contributed by atoms with van der Waals surface area (Å²) in [6, 6.07) is 11.5. The Morgan fingerprint density at radius 3 is 2.38 bits per heavy atom. The maximum atomic E-state index is 10.5. The van der Waals surface area contributed by atoms with E-state index in [2.05, 4.69) is 31.9 Å². The SMILES string of the molecule is COc1cc(C(O)Cc2cccc(Br)c2)c(OC)cc1Br. The van der Waals surface area contributed by atoms with Crippen molar-refractivity contribution in [1.29, 1.82) is 0 Å². The topological polar surface area (TPSA) is 38.7 Å². The third-order valence-electron chi connectivity index (χ3n) is 3.18. The lowest BCUT2D eigenvalue weighted by molar-refractivity contribution is 0.173.